The number of benzene rings is 2. The number of hydrogen-bond donors (Lipinski definition) is 3. The van der Waals surface area contributed by atoms with Crippen molar-refractivity contribution in [3.05, 3.63) is 65.5 Å². The molecule has 8 heteroatoms. The Morgan fingerprint density at radius 1 is 1.12 bits per heavy atom. The smallest absolute Gasteiger partial charge is 0.251 e. The van der Waals surface area contributed by atoms with Crippen LogP contribution in [0.4, 0.5) is 14.5 Å². The van der Waals surface area contributed by atoms with E-state index in [0.717, 1.165) is 12.1 Å². The molecule has 0 aliphatic heterocycles. The molecule has 0 saturated heterocycles. The molecule has 0 fully saturated rings. The largest absolute Gasteiger partial charge is 0.399 e. The number of aromatic amines is 1. The van der Waals surface area contributed by atoms with E-state index in [9.17, 15) is 13.6 Å². The fourth-order valence-corrected chi connectivity index (χ4v) is 2.04. The molecule has 2 aromatic carbocycles. The number of rotatable bonds is 4. The highest BCUT2D eigenvalue weighted by molar-refractivity contribution is 5.94. The van der Waals surface area contributed by atoms with Crippen LogP contribution in [-0.2, 0) is 6.54 Å². The number of nitrogens with zero attached hydrogens (tertiary/aromatic N) is 2. The lowest BCUT2D eigenvalue weighted by Crippen LogP contribution is -2.23. The van der Waals surface area contributed by atoms with Gasteiger partial charge in [-0.3, -0.25) is 9.89 Å². The molecule has 6 nitrogen and oxygen atoms in total. The second kappa shape index (κ2) is 6.45. The van der Waals surface area contributed by atoms with Crippen molar-refractivity contribution in [3.63, 3.8) is 0 Å². The predicted molar refractivity (Wildman–Crippen MR) is 83.8 cm³/mol. The van der Waals surface area contributed by atoms with E-state index in [4.69, 9.17) is 5.73 Å². The van der Waals surface area contributed by atoms with Gasteiger partial charge in [0.15, 0.2) is 17.5 Å². The Morgan fingerprint density at radius 2 is 1.88 bits per heavy atom. The first kappa shape index (κ1) is 15.6. The van der Waals surface area contributed by atoms with Gasteiger partial charge in [-0.25, -0.2) is 13.8 Å². The van der Waals surface area contributed by atoms with E-state index in [1.807, 2.05) is 0 Å². The van der Waals surface area contributed by atoms with Gasteiger partial charge in [-0.05, 0) is 42.5 Å². The third kappa shape index (κ3) is 3.37. The summed E-state index contributed by atoms with van der Waals surface area (Å²) >= 11 is 0. The molecule has 24 heavy (non-hydrogen) atoms. The Morgan fingerprint density at radius 3 is 2.58 bits per heavy atom. The van der Waals surface area contributed by atoms with Crippen LogP contribution in [0.25, 0.3) is 11.4 Å². The van der Waals surface area contributed by atoms with Crippen LogP contribution in [0.3, 0.4) is 0 Å². The van der Waals surface area contributed by atoms with Gasteiger partial charge in [-0.2, -0.15) is 5.10 Å². The molecule has 0 unspecified atom stereocenters. The molecule has 3 aromatic rings. The molecule has 0 atom stereocenters. The zero-order chi connectivity index (χ0) is 17.1. The lowest BCUT2D eigenvalue weighted by atomic mass is 10.2. The Hall–Kier alpha value is -3.29. The summed E-state index contributed by atoms with van der Waals surface area (Å²) in [5.41, 5.74) is 6.93. The number of halogens is 2. The van der Waals surface area contributed by atoms with E-state index in [2.05, 4.69) is 20.5 Å². The van der Waals surface area contributed by atoms with Gasteiger partial charge in [0.2, 0.25) is 0 Å². The number of H-pyrrole nitrogens is 1. The maximum absolute atomic E-state index is 13.2. The van der Waals surface area contributed by atoms with Crippen molar-refractivity contribution in [2.24, 2.45) is 0 Å². The van der Waals surface area contributed by atoms with Gasteiger partial charge in [0.05, 0.1) is 6.54 Å². The number of nitrogen functional groups attached to an aromatic ring is 1. The van der Waals surface area contributed by atoms with Crippen LogP contribution in [0, 0.1) is 11.6 Å². The molecule has 0 aliphatic rings. The summed E-state index contributed by atoms with van der Waals surface area (Å²) in [4.78, 5) is 16.1. The van der Waals surface area contributed by atoms with E-state index in [-0.39, 0.29) is 18.3 Å². The summed E-state index contributed by atoms with van der Waals surface area (Å²) in [5.74, 6) is -1.61. The molecule has 122 valence electrons. The van der Waals surface area contributed by atoms with Crippen molar-refractivity contribution in [2.45, 2.75) is 6.54 Å². The SMILES string of the molecule is Nc1ccc(C(=O)NCc2nc(-c3ccc(F)c(F)c3)n[nH]2)cc1. The van der Waals surface area contributed by atoms with Crippen LogP contribution in [-0.4, -0.2) is 21.1 Å². The minimum absolute atomic E-state index is 0.111. The molecule has 4 N–H and O–H groups in total. The first-order valence-corrected chi connectivity index (χ1v) is 7.03. The highest BCUT2D eigenvalue weighted by atomic mass is 19.2. The monoisotopic (exact) mass is 329 g/mol. The number of nitrogens with two attached hydrogens (primary N) is 1. The first-order valence-electron chi connectivity index (χ1n) is 7.03. The van der Waals surface area contributed by atoms with E-state index >= 15 is 0 Å². The third-order valence-corrected chi connectivity index (χ3v) is 3.30. The minimum Gasteiger partial charge on any atom is -0.399 e. The third-order valence-electron chi connectivity index (χ3n) is 3.30. The van der Waals surface area contributed by atoms with Crippen LogP contribution in [0.15, 0.2) is 42.5 Å². The van der Waals surface area contributed by atoms with Crippen molar-refractivity contribution in [1.29, 1.82) is 0 Å². The average Bonchev–Trinajstić information content (AvgIpc) is 3.05. The Kier molecular flexibility index (Phi) is 4.19. The van der Waals surface area contributed by atoms with Gasteiger partial charge in [-0.1, -0.05) is 0 Å². The molecule has 1 heterocycles. The zero-order valence-electron chi connectivity index (χ0n) is 12.4. The quantitative estimate of drug-likeness (QED) is 0.640. The Balaban J connectivity index is 1.66. The molecular formula is C16H13F2N5O. The predicted octanol–water partition coefficient (Wildman–Crippen LogP) is 2.26. The van der Waals surface area contributed by atoms with Crippen molar-refractivity contribution < 1.29 is 13.6 Å². The topological polar surface area (TPSA) is 96.7 Å². The van der Waals surface area contributed by atoms with Crippen LogP contribution in [0.1, 0.15) is 16.2 Å². The number of carbonyl (C=O) groups excluding carboxylic acids is 1. The van der Waals surface area contributed by atoms with Crippen molar-refractivity contribution in [3.8, 4) is 11.4 Å². The van der Waals surface area contributed by atoms with Crippen molar-refractivity contribution in [1.82, 2.24) is 20.5 Å². The van der Waals surface area contributed by atoms with Gasteiger partial charge in [0, 0.05) is 16.8 Å². The van der Waals surface area contributed by atoms with Gasteiger partial charge < -0.3 is 11.1 Å². The van der Waals surface area contributed by atoms with E-state index in [0.29, 0.717) is 22.6 Å². The second-order valence-electron chi connectivity index (χ2n) is 5.04. The number of nitrogens with one attached hydrogen (secondary N) is 2. The highest BCUT2D eigenvalue weighted by Gasteiger charge is 2.11. The maximum Gasteiger partial charge on any atom is 0.251 e. The molecular weight excluding hydrogens is 316 g/mol. The van der Waals surface area contributed by atoms with Crippen LogP contribution >= 0.6 is 0 Å². The standard InChI is InChI=1S/C16H13F2N5O/c17-12-6-3-10(7-13(12)18)15-21-14(22-23-15)8-20-16(24)9-1-4-11(19)5-2-9/h1-7H,8,19H2,(H,20,24)(H,21,22,23). The van der Waals surface area contributed by atoms with E-state index < -0.39 is 11.6 Å². The second-order valence-corrected chi connectivity index (χ2v) is 5.04. The number of aromatic nitrogens is 3. The summed E-state index contributed by atoms with van der Waals surface area (Å²) in [7, 11) is 0. The normalized spacial score (nSPS) is 10.6. The van der Waals surface area contributed by atoms with E-state index in [1.54, 1.807) is 24.3 Å². The summed E-state index contributed by atoms with van der Waals surface area (Å²) in [6.07, 6.45) is 0. The molecule has 0 radical (unpaired) electrons. The van der Waals surface area contributed by atoms with Gasteiger partial charge in [-0.15, -0.1) is 0 Å². The highest BCUT2D eigenvalue weighted by Crippen LogP contribution is 2.17. The minimum atomic E-state index is -0.976. The Bertz CT molecular complexity index is 876. The summed E-state index contributed by atoms with van der Waals surface area (Å²) in [5, 5.41) is 9.24. The van der Waals surface area contributed by atoms with Crippen LogP contribution in [0.5, 0.6) is 0 Å². The fraction of sp³-hybridized carbons (Fsp3) is 0.0625. The fourth-order valence-electron chi connectivity index (χ4n) is 2.04. The number of anilines is 1. The molecule has 1 amide bonds. The lowest BCUT2D eigenvalue weighted by molar-refractivity contribution is 0.0950. The van der Waals surface area contributed by atoms with Crippen LogP contribution < -0.4 is 11.1 Å². The molecule has 0 aliphatic carbocycles. The molecule has 1 aromatic heterocycles. The molecule has 0 bridgehead atoms. The van der Waals surface area contributed by atoms with Gasteiger partial charge in [0.1, 0.15) is 5.82 Å². The molecule has 0 spiro atoms. The van der Waals surface area contributed by atoms with Gasteiger partial charge >= 0.3 is 0 Å². The van der Waals surface area contributed by atoms with Crippen molar-refractivity contribution in [2.75, 3.05) is 5.73 Å². The number of amides is 1. The number of hydrogen-bond acceptors (Lipinski definition) is 4. The average molecular weight is 329 g/mol. The summed E-state index contributed by atoms with van der Waals surface area (Å²) in [6, 6.07) is 9.86. The maximum atomic E-state index is 13.2. The van der Waals surface area contributed by atoms with Gasteiger partial charge in [0.25, 0.3) is 5.91 Å². The van der Waals surface area contributed by atoms with E-state index in [1.165, 1.54) is 6.07 Å². The number of carbonyl (C=O) groups is 1. The molecule has 3 rings (SSSR count). The first-order chi connectivity index (χ1) is 11.5. The van der Waals surface area contributed by atoms with Crippen molar-refractivity contribution >= 4 is 11.6 Å². The summed E-state index contributed by atoms with van der Waals surface area (Å²) < 4.78 is 26.2. The Labute approximate surface area is 135 Å². The van der Waals surface area contributed by atoms with Crippen LogP contribution in [0.2, 0.25) is 0 Å². The lowest BCUT2D eigenvalue weighted by Gasteiger charge is -2.03. The summed E-state index contributed by atoms with van der Waals surface area (Å²) in [6.45, 7) is 0.111. The molecule has 0 saturated carbocycles. The zero-order valence-corrected chi connectivity index (χ0v) is 12.4.